The molecule has 0 aromatic carbocycles. The van der Waals surface area contributed by atoms with E-state index in [1.165, 1.54) is 0 Å². The Balaban J connectivity index is 5.33. The van der Waals surface area contributed by atoms with Gasteiger partial charge in [0.05, 0.1) is 12.0 Å². The van der Waals surface area contributed by atoms with E-state index in [4.69, 9.17) is 0 Å². The van der Waals surface area contributed by atoms with Gasteiger partial charge in [0, 0.05) is 6.54 Å². The van der Waals surface area contributed by atoms with Crippen LogP contribution < -0.4 is 15.7 Å². The monoisotopic (exact) mass is 637 g/mol. The number of hydrogen-bond donors (Lipinski definition) is 2. The summed E-state index contributed by atoms with van der Waals surface area (Å²) in [6.07, 6.45) is -17.9. The first-order valence-electron chi connectivity index (χ1n) is 9.56. The zero-order valence-electron chi connectivity index (χ0n) is 18.3. The molecule has 0 aliphatic rings. The molecule has 2 amide bonds. The second kappa shape index (κ2) is 11.2. The van der Waals surface area contributed by atoms with Crippen molar-refractivity contribution in [2.45, 2.75) is 73.2 Å². The first-order valence-corrected chi connectivity index (χ1v) is 9.56. The van der Waals surface area contributed by atoms with Crippen LogP contribution in [0.1, 0.15) is 19.3 Å². The van der Waals surface area contributed by atoms with Gasteiger partial charge in [-0.15, -0.1) is 0 Å². The van der Waals surface area contributed by atoms with Gasteiger partial charge >= 0.3 is 47.9 Å². The lowest BCUT2D eigenvalue weighted by molar-refractivity contribution is -0.388. The van der Waals surface area contributed by atoms with E-state index in [1.807, 2.05) is 0 Å². The maximum atomic E-state index is 13.5. The summed E-state index contributed by atoms with van der Waals surface area (Å²) in [6, 6.07) is -2.92. The van der Waals surface area contributed by atoms with Crippen LogP contribution in [0.25, 0.3) is 0 Å². The average Bonchev–Trinajstić information content (AvgIpc) is 2.75. The number of halogens is 18. The van der Waals surface area contributed by atoms with E-state index in [1.54, 1.807) is 0 Å². The van der Waals surface area contributed by atoms with Crippen LogP contribution in [0.2, 0.25) is 0 Å². The molecule has 40 heavy (non-hydrogen) atoms. The first kappa shape index (κ1) is 37.1. The van der Waals surface area contributed by atoms with Crippen LogP contribution in [0.5, 0.6) is 0 Å². The molecular formula is C16H11F18N2O4-. The summed E-state index contributed by atoms with van der Waals surface area (Å²) in [7, 11) is 0. The molecule has 1 unspecified atom stereocenters. The molecule has 24 heteroatoms. The standard InChI is InChI=1S/C16H12F18N2O4/c17-9(18,11(21,22)13(25,26)15(29,30)31)7(39)35-4-2-1-3-5(6(37)38)36-8(40)10(19,20)12(23,24)14(27,28)16(32,33)34/h5H,1-4H2,(H,35,39)(H,36,40)(H,37,38)/p-1. The van der Waals surface area contributed by atoms with Crippen LogP contribution in [-0.2, 0) is 14.4 Å². The predicted octanol–water partition coefficient (Wildman–Crippen LogP) is 3.44. The van der Waals surface area contributed by atoms with Gasteiger partial charge in [-0.1, -0.05) is 0 Å². The number of carboxylic acids is 1. The molecule has 0 heterocycles. The molecule has 0 fully saturated rings. The molecule has 2 N–H and O–H groups in total. The SMILES string of the molecule is O=C([O-])C(CCCCNC(=O)C(F)(F)C(F)(F)C(F)(F)C(F)(F)F)NC(=O)C(F)(F)C(F)(F)C(F)(F)C(F)(F)F. The number of carbonyl (C=O) groups is 3. The largest absolute Gasteiger partial charge is 0.548 e. The number of aliphatic carboxylic acids is 1. The summed E-state index contributed by atoms with van der Waals surface area (Å²) >= 11 is 0. The molecule has 236 valence electrons. The van der Waals surface area contributed by atoms with Crippen LogP contribution in [0, 0.1) is 0 Å². The summed E-state index contributed by atoms with van der Waals surface area (Å²) in [5.41, 5.74) is 0. The molecule has 0 aromatic heterocycles. The second-order valence-corrected chi connectivity index (χ2v) is 7.54. The van der Waals surface area contributed by atoms with Crippen LogP contribution in [0.15, 0.2) is 0 Å². The van der Waals surface area contributed by atoms with Crippen molar-refractivity contribution in [1.82, 2.24) is 10.6 Å². The van der Waals surface area contributed by atoms with Crippen molar-refractivity contribution in [2.24, 2.45) is 0 Å². The van der Waals surface area contributed by atoms with Crippen molar-refractivity contribution in [3.8, 4) is 0 Å². The second-order valence-electron chi connectivity index (χ2n) is 7.54. The van der Waals surface area contributed by atoms with Crippen molar-refractivity contribution in [1.29, 1.82) is 0 Å². The fourth-order valence-corrected chi connectivity index (χ4v) is 2.32. The quantitative estimate of drug-likeness (QED) is 0.239. The van der Waals surface area contributed by atoms with Gasteiger partial charge in [0.15, 0.2) is 0 Å². The first-order chi connectivity index (χ1) is 17.4. The van der Waals surface area contributed by atoms with Crippen molar-refractivity contribution in [2.75, 3.05) is 6.54 Å². The third-order valence-electron chi connectivity index (χ3n) is 4.65. The van der Waals surface area contributed by atoms with Gasteiger partial charge in [-0.05, 0) is 19.3 Å². The minimum atomic E-state index is -7.53. The highest BCUT2D eigenvalue weighted by molar-refractivity contribution is 5.88. The van der Waals surface area contributed by atoms with E-state index in [2.05, 4.69) is 0 Å². The van der Waals surface area contributed by atoms with Gasteiger partial charge in [-0.3, -0.25) is 9.59 Å². The minimum Gasteiger partial charge on any atom is -0.548 e. The lowest BCUT2D eigenvalue weighted by atomic mass is 10.0. The zero-order valence-corrected chi connectivity index (χ0v) is 18.3. The predicted molar refractivity (Wildman–Crippen MR) is 85.6 cm³/mol. The lowest BCUT2D eigenvalue weighted by Crippen LogP contribution is -2.66. The number of carbonyl (C=O) groups excluding carboxylic acids is 3. The Kier molecular flexibility index (Phi) is 10.4. The third kappa shape index (κ3) is 6.54. The van der Waals surface area contributed by atoms with Gasteiger partial charge in [0.1, 0.15) is 0 Å². The summed E-state index contributed by atoms with van der Waals surface area (Å²) in [5, 5.41) is 12.0. The molecule has 0 aliphatic carbocycles. The summed E-state index contributed by atoms with van der Waals surface area (Å²) in [5.74, 6) is -53.2. The van der Waals surface area contributed by atoms with E-state index in [0.29, 0.717) is 5.32 Å². The minimum absolute atomic E-state index is 0.433. The maximum absolute atomic E-state index is 13.5. The Morgan fingerprint density at radius 2 is 0.900 bits per heavy atom. The van der Waals surface area contributed by atoms with Crippen LogP contribution in [0.4, 0.5) is 79.0 Å². The number of nitrogens with one attached hydrogen (secondary N) is 2. The van der Waals surface area contributed by atoms with E-state index in [-0.39, 0.29) is 0 Å². The van der Waals surface area contributed by atoms with Crippen molar-refractivity contribution < 1.29 is 98.5 Å². The summed E-state index contributed by atoms with van der Waals surface area (Å²) < 4.78 is 230. The van der Waals surface area contributed by atoms with E-state index < -0.39 is 97.5 Å². The Morgan fingerprint density at radius 1 is 0.550 bits per heavy atom. The van der Waals surface area contributed by atoms with Gasteiger partial charge in [-0.2, -0.15) is 79.0 Å². The normalized spacial score (nSPS) is 15.4. The molecule has 0 spiro atoms. The molecule has 0 saturated heterocycles. The Hall–Kier alpha value is -2.85. The fourth-order valence-electron chi connectivity index (χ4n) is 2.32. The average molecular weight is 637 g/mol. The summed E-state index contributed by atoms with van der Waals surface area (Å²) in [6.45, 7) is -1.39. The number of unbranched alkanes of at least 4 members (excludes halogenated alkanes) is 1. The highest BCUT2D eigenvalue weighted by Gasteiger charge is 2.84. The topological polar surface area (TPSA) is 98.3 Å². The fraction of sp³-hybridized carbons (Fsp3) is 0.812. The van der Waals surface area contributed by atoms with E-state index >= 15 is 0 Å². The van der Waals surface area contributed by atoms with Crippen LogP contribution >= 0.6 is 0 Å². The number of rotatable bonds is 13. The van der Waals surface area contributed by atoms with Crippen molar-refractivity contribution in [3.05, 3.63) is 0 Å². The number of alkyl halides is 18. The highest BCUT2D eigenvalue weighted by Crippen LogP contribution is 2.54. The third-order valence-corrected chi connectivity index (χ3v) is 4.65. The maximum Gasteiger partial charge on any atom is 0.460 e. The molecular weight excluding hydrogens is 626 g/mol. The van der Waals surface area contributed by atoms with Crippen LogP contribution in [0.3, 0.4) is 0 Å². The zero-order chi connectivity index (χ0) is 32.6. The van der Waals surface area contributed by atoms with Gasteiger partial charge in [-0.25, -0.2) is 0 Å². The van der Waals surface area contributed by atoms with E-state index in [0.717, 1.165) is 5.32 Å². The molecule has 0 bridgehead atoms. The molecule has 1 atom stereocenters. The number of amides is 2. The molecule has 6 nitrogen and oxygen atoms in total. The number of hydrogen-bond acceptors (Lipinski definition) is 4. The number of carboxylic acid groups (broad SMARTS) is 1. The van der Waals surface area contributed by atoms with Crippen LogP contribution in [-0.4, -0.2) is 78.3 Å². The van der Waals surface area contributed by atoms with Crippen molar-refractivity contribution in [3.63, 3.8) is 0 Å². The summed E-state index contributed by atoms with van der Waals surface area (Å²) in [4.78, 5) is 33.2. The van der Waals surface area contributed by atoms with Gasteiger partial charge in [0.2, 0.25) is 0 Å². The lowest BCUT2D eigenvalue weighted by Gasteiger charge is -2.33. The van der Waals surface area contributed by atoms with E-state index in [9.17, 15) is 98.5 Å². The molecule has 0 saturated carbocycles. The Labute approximate surface area is 208 Å². The van der Waals surface area contributed by atoms with Gasteiger partial charge < -0.3 is 20.5 Å². The Morgan fingerprint density at radius 3 is 1.23 bits per heavy atom. The molecule has 0 aliphatic heterocycles. The highest BCUT2D eigenvalue weighted by atomic mass is 19.4. The smallest absolute Gasteiger partial charge is 0.460 e. The van der Waals surface area contributed by atoms with Gasteiger partial charge in [0.25, 0.3) is 11.8 Å². The molecule has 0 radical (unpaired) electrons. The van der Waals surface area contributed by atoms with Crippen molar-refractivity contribution >= 4 is 17.8 Å². The molecule has 0 aromatic rings. The Bertz CT molecular complexity index is 943. The molecule has 0 rings (SSSR count).